The van der Waals surface area contributed by atoms with Crippen LogP contribution in [0.5, 0.6) is 0 Å². The van der Waals surface area contributed by atoms with Crippen molar-refractivity contribution in [2.45, 2.75) is 6.42 Å². The molecule has 1 unspecified atom stereocenters. The highest BCUT2D eigenvalue weighted by Gasteiger charge is 2.27. The second kappa shape index (κ2) is 4.42. The minimum absolute atomic E-state index is 0.251. The van der Waals surface area contributed by atoms with E-state index in [1.807, 2.05) is 11.9 Å². The largest absolute Gasteiger partial charge is 0.341 e. The third-order valence-electron chi connectivity index (χ3n) is 2.26. The lowest BCUT2D eigenvalue weighted by Crippen LogP contribution is -2.32. The number of nitrogens with one attached hydrogen (secondary N) is 1. The Morgan fingerprint density at radius 3 is 3.00 bits per heavy atom. The van der Waals surface area contributed by atoms with Crippen molar-refractivity contribution in [3.8, 4) is 0 Å². The quantitative estimate of drug-likeness (QED) is 0.571. The molecule has 12 heavy (non-hydrogen) atoms. The van der Waals surface area contributed by atoms with Crippen molar-refractivity contribution in [2.24, 2.45) is 11.7 Å². The van der Waals surface area contributed by atoms with Crippen LogP contribution in [-0.4, -0.2) is 44.0 Å². The van der Waals surface area contributed by atoms with Crippen molar-refractivity contribution in [1.82, 2.24) is 10.2 Å². The van der Waals surface area contributed by atoms with E-state index >= 15 is 0 Å². The summed E-state index contributed by atoms with van der Waals surface area (Å²) in [7, 11) is 1.89. The van der Waals surface area contributed by atoms with E-state index in [-0.39, 0.29) is 5.91 Å². The highest BCUT2D eigenvalue weighted by molar-refractivity contribution is 5.78. The molecule has 1 saturated heterocycles. The molecular weight excluding hydrogens is 154 g/mol. The molecule has 0 aromatic heterocycles. The first-order chi connectivity index (χ1) is 5.77. The molecule has 1 rings (SSSR count). The third-order valence-corrected chi connectivity index (χ3v) is 2.26. The molecule has 1 amide bonds. The maximum absolute atomic E-state index is 11.3. The molecule has 3 N–H and O–H groups in total. The predicted octanol–water partition coefficient (Wildman–Crippen LogP) is -0.987. The van der Waals surface area contributed by atoms with E-state index in [1.54, 1.807) is 0 Å². The van der Waals surface area contributed by atoms with Gasteiger partial charge in [-0.3, -0.25) is 4.79 Å². The lowest BCUT2D eigenvalue weighted by Gasteiger charge is -2.15. The second-order valence-corrected chi connectivity index (χ2v) is 3.25. The monoisotopic (exact) mass is 171 g/mol. The van der Waals surface area contributed by atoms with E-state index in [1.165, 1.54) is 0 Å². The molecule has 1 atom stereocenters. The fourth-order valence-corrected chi connectivity index (χ4v) is 1.47. The van der Waals surface area contributed by atoms with Crippen molar-refractivity contribution in [3.05, 3.63) is 0 Å². The Balaban J connectivity index is 2.31. The van der Waals surface area contributed by atoms with Crippen molar-refractivity contribution >= 4 is 5.91 Å². The Labute approximate surface area is 73.1 Å². The zero-order valence-electron chi connectivity index (χ0n) is 7.55. The van der Waals surface area contributed by atoms with E-state index in [9.17, 15) is 4.79 Å². The Bertz CT molecular complexity index is 160. The number of likely N-dealkylation sites (N-methyl/N-ethyl adjacent to an activating group) is 1. The van der Waals surface area contributed by atoms with Crippen LogP contribution in [0.1, 0.15) is 6.42 Å². The van der Waals surface area contributed by atoms with E-state index in [0.29, 0.717) is 18.9 Å². The smallest absolute Gasteiger partial charge is 0.223 e. The van der Waals surface area contributed by atoms with Gasteiger partial charge < -0.3 is 16.0 Å². The van der Waals surface area contributed by atoms with Crippen molar-refractivity contribution in [2.75, 3.05) is 33.2 Å². The molecule has 4 heteroatoms. The number of rotatable bonds is 4. The van der Waals surface area contributed by atoms with Crippen LogP contribution in [0, 0.1) is 5.92 Å². The van der Waals surface area contributed by atoms with Gasteiger partial charge >= 0.3 is 0 Å². The molecule has 0 aliphatic carbocycles. The van der Waals surface area contributed by atoms with Crippen molar-refractivity contribution < 1.29 is 4.79 Å². The second-order valence-electron chi connectivity index (χ2n) is 3.25. The molecule has 70 valence electrons. The van der Waals surface area contributed by atoms with E-state index < -0.39 is 0 Å². The summed E-state index contributed by atoms with van der Waals surface area (Å²) >= 11 is 0. The van der Waals surface area contributed by atoms with Gasteiger partial charge in [-0.05, 0) is 19.5 Å². The Hall–Kier alpha value is -0.610. The number of amides is 1. The molecule has 1 fully saturated rings. The standard InChI is InChI=1S/C8H17N3O/c1-10-2-3-11-6-7(5-9)4-8(11)12/h7,10H,2-6,9H2,1H3. The minimum atomic E-state index is 0.251. The van der Waals surface area contributed by atoms with Gasteiger partial charge in [0.2, 0.25) is 5.91 Å². The minimum Gasteiger partial charge on any atom is -0.341 e. The van der Waals surface area contributed by atoms with Crippen LogP contribution in [0.4, 0.5) is 0 Å². The van der Waals surface area contributed by atoms with E-state index in [2.05, 4.69) is 5.32 Å². The van der Waals surface area contributed by atoms with E-state index in [0.717, 1.165) is 19.6 Å². The van der Waals surface area contributed by atoms with Gasteiger partial charge in [-0.2, -0.15) is 0 Å². The molecule has 0 bridgehead atoms. The van der Waals surface area contributed by atoms with E-state index in [4.69, 9.17) is 5.73 Å². The van der Waals surface area contributed by atoms with Crippen molar-refractivity contribution in [1.29, 1.82) is 0 Å². The van der Waals surface area contributed by atoms with Gasteiger partial charge in [-0.25, -0.2) is 0 Å². The zero-order valence-corrected chi connectivity index (χ0v) is 7.55. The summed E-state index contributed by atoms with van der Waals surface area (Å²) < 4.78 is 0. The van der Waals surface area contributed by atoms with Crippen LogP contribution in [-0.2, 0) is 4.79 Å². The lowest BCUT2D eigenvalue weighted by molar-refractivity contribution is -0.127. The first-order valence-electron chi connectivity index (χ1n) is 4.40. The van der Waals surface area contributed by atoms with Gasteiger partial charge in [0, 0.05) is 26.1 Å². The maximum atomic E-state index is 11.3. The summed E-state index contributed by atoms with van der Waals surface area (Å²) in [6.45, 7) is 3.15. The van der Waals surface area contributed by atoms with Gasteiger partial charge in [-0.1, -0.05) is 0 Å². The molecule has 0 saturated carbocycles. The molecule has 0 aromatic carbocycles. The molecule has 1 heterocycles. The summed E-state index contributed by atoms with van der Waals surface area (Å²) in [6.07, 6.45) is 0.639. The SMILES string of the molecule is CNCCN1CC(CN)CC1=O. The van der Waals surface area contributed by atoms with Crippen LogP contribution in [0.2, 0.25) is 0 Å². The average molecular weight is 171 g/mol. The van der Waals surface area contributed by atoms with Crippen LogP contribution >= 0.6 is 0 Å². The van der Waals surface area contributed by atoms with Gasteiger partial charge in [0.05, 0.1) is 0 Å². The number of likely N-dealkylation sites (tertiary alicyclic amines) is 1. The Kier molecular flexibility index (Phi) is 3.49. The third kappa shape index (κ3) is 2.19. The summed E-state index contributed by atoms with van der Waals surface area (Å²) in [6, 6.07) is 0. The number of carbonyl (C=O) groups is 1. The molecule has 1 aliphatic rings. The fourth-order valence-electron chi connectivity index (χ4n) is 1.47. The van der Waals surface area contributed by atoms with Gasteiger partial charge in [-0.15, -0.1) is 0 Å². The Morgan fingerprint density at radius 2 is 2.50 bits per heavy atom. The first-order valence-corrected chi connectivity index (χ1v) is 4.40. The molecule has 4 nitrogen and oxygen atoms in total. The molecule has 0 spiro atoms. The predicted molar refractivity (Wildman–Crippen MR) is 47.7 cm³/mol. The number of carbonyl (C=O) groups excluding carboxylic acids is 1. The van der Waals surface area contributed by atoms with Crippen LogP contribution in [0.15, 0.2) is 0 Å². The normalized spacial score (nSPS) is 23.7. The van der Waals surface area contributed by atoms with Gasteiger partial charge in [0.15, 0.2) is 0 Å². The highest BCUT2D eigenvalue weighted by atomic mass is 16.2. The maximum Gasteiger partial charge on any atom is 0.223 e. The number of hydrogen-bond acceptors (Lipinski definition) is 3. The van der Waals surface area contributed by atoms with Gasteiger partial charge in [0.1, 0.15) is 0 Å². The van der Waals surface area contributed by atoms with Crippen LogP contribution in [0.3, 0.4) is 0 Å². The van der Waals surface area contributed by atoms with Crippen molar-refractivity contribution in [3.63, 3.8) is 0 Å². The molecule has 0 aromatic rings. The van der Waals surface area contributed by atoms with Gasteiger partial charge in [0.25, 0.3) is 0 Å². The Morgan fingerprint density at radius 1 is 1.75 bits per heavy atom. The number of nitrogens with zero attached hydrogens (tertiary/aromatic N) is 1. The molecular formula is C8H17N3O. The summed E-state index contributed by atoms with van der Waals surface area (Å²) in [5, 5.41) is 3.02. The first kappa shape index (κ1) is 9.48. The average Bonchev–Trinajstić information content (AvgIpc) is 2.43. The fraction of sp³-hybridized carbons (Fsp3) is 0.875. The topological polar surface area (TPSA) is 58.4 Å². The molecule has 0 radical (unpaired) electrons. The van der Waals surface area contributed by atoms with Crippen LogP contribution in [0.25, 0.3) is 0 Å². The van der Waals surface area contributed by atoms with Crippen LogP contribution < -0.4 is 11.1 Å². The zero-order chi connectivity index (χ0) is 8.97. The lowest BCUT2D eigenvalue weighted by atomic mass is 10.1. The summed E-state index contributed by atoms with van der Waals surface area (Å²) in [5.74, 6) is 0.634. The summed E-state index contributed by atoms with van der Waals surface area (Å²) in [5.41, 5.74) is 5.49. The summed E-state index contributed by atoms with van der Waals surface area (Å²) in [4.78, 5) is 13.2. The number of hydrogen-bond donors (Lipinski definition) is 2. The highest BCUT2D eigenvalue weighted by Crippen LogP contribution is 2.15. The number of nitrogens with two attached hydrogens (primary N) is 1. The molecule has 1 aliphatic heterocycles.